The number of carbonyl (C=O) groups excluding carboxylic acids is 2. The van der Waals surface area contributed by atoms with Crippen molar-refractivity contribution in [2.24, 2.45) is 5.92 Å². The fourth-order valence-electron chi connectivity index (χ4n) is 4.52. The highest BCUT2D eigenvalue weighted by Crippen LogP contribution is 2.42. The van der Waals surface area contributed by atoms with Crippen LogP contribution in [0.1, 0.15) is 41.4 Å². The summed E-state index contributed by atoms with van der Waals surface area (Å²) in [7, 11) is 1.52. The van der Waals surface area contributed by atoms with Crippen molar-refractivity contribution in [3.8, 4) is 11.5 Å². The second-order valence-electron chi connectivity index (χ2n) is 9.77. The number of aliphatic hydroxyl groups is 1. The molecule has 1 amide bonds. The van der Waals surface area contributed by atoms with E-state index in [1.807, 2.05) is 13.8 Å². The number of carboxylic acid groups (broad SMARTS) is 1. The largest absolute Gasteiger partial charge is 0.507 e. The molecule has 2 heterocycles. The van der Waals surface area contributed by atoms with E-state index in [1.165, 1.54) is 30.2 Å². The standard InChI is InChI=1S/C30H27N3O7/c1-16(2)15-40-21-11-6-18(7-12-21)26(34)24-25(17-4-9-20(39-3)10-5-17)33(28(36)27(24)35)30-31-22-13-8-19(29(37)38)14-23(22)32-30/h4-14,16,25,34H,15H2,1-3H3,(H,31,32)(H,37,38)/b26-24+. The number of nitrogens with zero attached hydrogens (tertiary/aromatic N) is 2. The number of ether oxygens (including phenoxy) is 2. The van der Waals surface area contributed by atoms with Crippen molar-refractivity contribution in [1.29, 1.82) is 0 Å². The van der Waals surface area contributed by atoms with Gasteiger partial charge in [0, 0.05) is 5.56 Å². The van der Waals surface area contributed by atoms with Crippen LogP contribution in [0.3, 0.4) is 0 Å². The fourth-order valence-corrected chi connectivity index (χ4v) is 4.52. The van der Waals surface area contributed by atoms with Gasteiger partial charge in [0.25, 0.3) is 5.78 Å². The van der Waals surface area contributed by atoms with E-state index in [4.69, 9.17) is 9.47 Å². The van der Waals surface area contributed by atoms with Gasteiger partial charge in [-0.25, -0.2) is 9.78 Å². The van der Waals surface area contributed by atoms with E-state index in [9.17, 15) is 24.6 Å². The average molecular weight is 542 g/mol. The number of anilines is 1. The van der Waals surface area contributed by atoms with Crippen molar-refractivity contribution >= 4 is 40.4 Å². The lowest BCUT2D eigenvalue weighted by atomic mass is 9.95. The van der Waals surface area contributed by atoms with Gasteiger partial charge in [-0.3, -0.25) is 14.5 Å². The minimum Gasteiger partial charge on any atom is -0.507 e. The third-order valence-corrected chi connectivity index (χ3v) is 6.53. The Morgan fingerprint density at radius 3 is 2.25 bits per heavy atom. The molecule has 3 aromatic carbocycles. The van der Waals surface area contributed by atoms with Crippen molar-refractivity contribution in [2.75, 3.05) is 18.6 Å². The van der Waals surface area contributed by atoms with Crippen LogP contribution in [0.5, 0.6) is 11.5 Å². The van der Waals surface area contributed by atoms with Crippen molar-refractivity contribution in [2.45, 2.75) is 19.9 Å². The van der Waals surface area contributed by atoms with Gasteiger partial charge in [-0.15, -0.1) is 0 Å². The maximum Gasteiger partial charge on any atom is 0.335 e. The number of aromatic amines is 1. The van der Waals surface area contributed by atoms with Crippen LogP contribution < -0.4 is 14.4 Å². The third kappa shape index (κ3) is 4.86. The number of H-pyrrole nitrogens is 1. The molecule has 1 aromatic heterocycles. The molecule has 40 heavy (non-hydrogen) atoms. The van der Waals surface area contributed by atoms with E-state index < -0.39 is 23.7 Å². The molecule has 3 N–H and O–H groups in total. The van der Waals surface area contributed by atoms with Gasteiger partial charge in [0.2, 0.25) is 5.95 Å². The van der Waals surface area contributed by atoms with Crippen LogP contribution in [-0.4, -0.2) is 51.6 Å². The zero-order chi connectivity index (χ0) is 28.6. The number of aromatic carboxylic acids is 1. The SMILES string of the molecule is COc1ccc(C2/C(=C(\O)c3ccc(OCC(C)C)cc3)C(=O)C(=O)N2c2nc3ccc(C(=O)O)cc3[nH]2)cc1. The highest BCUT2D eigenvalue weighted by molar-refractivity contribution is 6.51. The van der Waals surface area contributed by atoms with Crippen LogP contribution in [0, 0.1) is 5.92 Å². The Hall–Kier alpha value is -5.12. The number of fused-ring (bicyclic) bond motifs is 1. The molecule has 0 radical (unpaired) electrons. The second-order valence-corrected chi connectivity index (χ2v) is 9.77. The maximum absolute atomic E-state index is 13.4. The normalized spacial score (nSPS) is 16.6. The molecule has 10 nitrogen and oxygen atoms in total. The van der Waals surface area contributed by atoms with Gasteiger partial charge in [0.1, 0.15) is 17.3 Å². The van der Waals surface area contributed by atoms with Crippen LogP contribution >= 0.6 is 0 Å². The summed E-state index contributed by atoms with van der Waals surface area (Å²) in [5.41, 5.74) is 1.58. The topological polar surface area (TPSA) is 142 Å². The zero-order valence-corrected chi connectivity index (χ0v) is 22.0. The van der Waals surface area contributed by atoms with Gasteiger partial charge in [0.15, 0.2) is 0 Å². The van der Waals surface area contributed by atoms with Crippen molar-refractivity contribution < 1.29 is 34.1 Å². The molecular weight excluding hydrogens is 514 g/mol. The molecule has 1 saturated heterocycles. The van der Waals surface area contributed by atoms with Crippen LogP contribution in [0.15, 0.2) is 72.3 Å². The van der Waals surface area contributed by atoms with Gasteiger partial charge in [-0.1, -0.05) is 26.0 Å². The van der Waals surface area contributed by atoms with E-state index in [-0.39, 0.29) is 22.8 Å². The molecule has 10 heteroatoms. The fraction of sp³-hybridized carbons (Fsp3) is 0.200. The Kier molecular flexibility index (Phi) is 7.00. The number of aliphatic hydroxyl groups excluding tert-OH is 1. The van der Waals surface area contributed by atoms with Crippen LogP contribution in [0.4, 0.5) is 5.95 Å². The van der Waals surface area contributed by atoms with Gasteiger partial charge in [-0.2, -0.15) is 0 Å². The Morgan fingerprint density at radius 2 is 1.62 bits per heavy atom. The predicted molar refractivity (Wildman–Crippen MR) is 148 cm³/mol. The number of nitrogens with one attached hydrogen (secondary N) is 1. The van der Waals surface area contributed by atoms with Crippen LogP contribution in [0.2, 0.25) is 0 Å². The molecule has 4 aromatic rings. The molecule has 0 bridgehead atoms. The number of rotatable bonds is 8. The first-order valence-electron chi connectivity index (χ1n) is 12.6. The van der Waals surface area contributed by atoms with Crippen molar-refractivity contribution in [3.63, 3.8) is 0 Å². The number of hydrogen-bond acceptors (Lipinski definition) is 7. The summed E-state index contributed by atoms with van der Waals surface area (Å²) in [4.78, 5) is 46.9. The van der Waals surface area contributed by atoms with Gasteiger partial charge < -0.3 is 24.7 Å². The summed E-state index contributed by atoms with van der Waals surface area (Å²) in [5, 5.41) is 20.7. The van der Waals surface area contributed by atoms with Crippen LogP contribution in [-0.2, 0) is 9.59 Å². The Labute approximate surface area is 229 Å². The molecule has 1 fully saturated rings. The average Bonchev–Trinajstić information content (AvgIpc) is 3.49. The molecule has 204 valence electrons. The van der Waals surface area contributed by atoms with Gasteiger partial charge in [-0.05, 0) is 66.1 Å². The van der Waals surface area contributed by atoms with Crippen LogP contribution in [0.25, 0.3) is 16.8 Å². The lowest BCUT2D eigenvalue weighted by molar-refractivity contribution is -0.132. The number of imidazole rings is 1. The van der Waals surface area contributed by atoms with Gasteiger partial charge >= 0.3 is 11.9 Å². The number of carboxylic acids is 1. The molecule has 0 spiro atoms. The molecule has 0 aliphatic carbocycles. The molecule has 1 atom stereocenters. The summed E-state index contributed by atoms with van der Waals surface area (Å²) in [6, 6.07) is 16.7. The first-order valence-corrected chi connectivity index (χ1v) is 12.6. The molecule has 1 aliphatic rings. The quantitative estimate of drug-likeness (QED) is 0.162. The summed E-state index contributed by atoms with van der Waals surface area (Å²) in [5.74, 6) is -1.68. The summed E-state index contributed by atoms with van der Waals surface area (Å²) in [6.07, 6.45) is 0. The summed E-state index contributed by atoms with van der Waals surface area (Å²) >= 11 is 0. The van der Waals surface area contributed by atoms with E-state index in [0.717, 1.165) is 0 Å². The third-order valence-electron chi connectivity index (χ3n) is 6.53. The van der Waals surface area contributed by atoms with Crippen molar-refractivity contribution in [1.82, 2.24) is 9.97 Å². The van der Waals surface area contributed by atoms with Crippen molar-refractivity contribution in [3.05, 3.63) is 89.0 Å². The number of amides is 1. The Balaban J connectivity index is 1.62. The van der Waals surface area contributed by atoms with E-state index in [1.54, 1.807) is 48.5 Å². The minimum atomic E-state index is -1.11. The number of aromatic nitrogens is 2. The Morgan fingerprint density at radius 1 is 0.975 bits per heavy atom. The maximum atomic E-state index is 13.4. The molecule has 0 saturated carbocycles. The molecular formula is C30H27N3O7. The van der Waals surface area contributed by atoms with E-state index >= 15 is 0 Å². The first-order chi connectivity index (χ1) is 19.2. The molecule has 1 unspecified atom stereocenters. The summed E-state index contributed by atoms with van der Waals surface area (Å²) < 4.78 is 11.0. The number of methoxy groups -OCH3 is 1. The number of hydrogen-bond donors (Lipinski definition) is 3. The number of benzene rings is 3. The van der Waals surface area contributed by atoms with E-state index in [0.29, 0.717) is 46.2 Å². The monoisotopic (exact) mass is 541 g/mol. The summed E-state index contributed by atoms with van der Waals surface area (Å²) in [6.45, 7) is 4.59. The lowest BCUT2D eigenvalue weighted by Crippen LogP contribution is -2.30. The highest BCUT2D eigenvalue weighted by Gasteiger charge is 2.48. The zero-order valence-electron chi connectivity index (χ0n) is 22.0. The predicted octanol–water partition coefficient (Wildman–Crippen LogP) is 4.93. The minimum absolute atomic E-state index is 0.0388. The highest BCUT2D eigenvalue weighted by atomic mass is 16.5. The molecule has 1 aliphatic heterocycles. The van der Waals surface area contributed by atoms with E-state index in [2.05, 4.69) is 9.97 Å². The number of carbonyl (C=O) groups is 3. The van der Waals surface area contributed by atoms with Gasteiger partial charge in [0.05, 0.1) is 41.9 Å². The first kappa shape index (κ1) is 26.5. The molecule has 5 rings (SSSR count). The second kappa shape index (κ2) is 10.6. The number of Topliss-reactive ketones (excluding diaryl/α,β-unsaturated/α-hetero) is 1. The Bertz CT molecular complexity index is 1640. The smallest absolute Gasteiger partial charge is 0.335 e. The number of ketones is 1. The lowest BCUT2D eigenvalue weighted by Gasteiger charge is -2.23.